The van der Waals surface area contributed by atoms with Gasteiger partial charge in [0.1, 0.15) is 23.3 Å². The summed E-state index contributed by atoms with van der Waals surface area (Å²) in [5, 5.41) is 45.7. The molecule has 0 saturated carbocycles. The van der Waals surface area contributed by atoms with Gasteiger partial charge >= 0.3 is 23.9 Å². The molecule has 0 saturated heterocycles. The lowest BCUT2D eigenvalue weighted by molar-refractivity contribution is 0.0683. The van der Waals surface area contributed by atoms with Gasteiger partial charge in [-0.15, -0.1) is 0 Å². The fourth-order valence-corrected chi connectivity index (χ4v) is 8.27. The zero-order chi connectivity index (χ0) is 67.9. The number of carboxylic acids is 4. The van der Waals surface area contributed by atoms with Crippen molar-refractivity contribution in [3.05, 3.63) is 282 Å². The number of rotatable bonds is 20. The minimum absolute atomic E-state index is 0.0173. The average molecular weight is 1260 g/mol. The van der Waals surface area contributed by atoms with E-state index < -0.39 is 88.1 Å². The number of carboxylic acid groups (broad SMARTS) is 4. The molecule has 8 rings (SSSR count). The molecule has 92 heavy (non-hydrogen) atoms. The molecular formula is C68H56F4N4O16. The van der Waals surface area contributed by atoms with Crippen LogP contribution in [-0.4, -0.2) is 91.1 Å². The van der Waals surface area contributed by atoms with Gasteiger partial charge in [0.25, 0.3) is 23.6 Å². The lowest BCUT2D eigenvalue weighted by Gasteiger charge is -2.09. The summed E-state index contributed by atoms with van der Waals surface area (Å²) in [6.07, 6.45) is 0. The topological polar surface area (TPSA) is 334 Å². The van der Waals surface area contributed by atoms with Crippen molar-refractivity contribution in [1.82, 2.24) is 21.3 Å². The summed E-state index contributed by atoms with van der Waals surface area (Å²) in [5.41, 5.74) is 2.82. The number of benzene rings is 8. The first-order chi connectivity index (χ1) is 43.6. The number of ketones is 4. The summed E-state index contributed by atoms with van der Waals surface area (Å²) < 4.78 is 54.0. The summed E-state index contributed by atoms with van der Waals surface area (Å²) >= 11 is 0. The maximum absolute atomic E-state index is 13.9. The maximum atomic E-state index is 13.9. The molecule has 0 heterocycles. The van der Waals surface area contributed by atoms with E-state index in [2.05, 4.69) is 21.3 Å². The maximum Gasteiger partial charge on any atom is 0.336 e. The third kappa shape index (κ3) is 20.5. The first kappa shape index (κ1) is 70.7. The van der Waals surface area contributed by atoms with E-state index in [0.29, 0.717) is 22.3 Å². The number of amides is 4. The molecule has 8 aromatic rings. The quantitative estimate of drug-likeness (QED) is 0.0260. The van der Waals surface area contributed by atoms with Crippen LogP contribution in [-0.2, 0) is 26.2 Å². The Morgan fingerprint density at radius 1 is 0.293 bits per heavy atom. The van der Waals surface area contributed by atoms with Crippen molar-refractivity contribution in [2.45, 2.75) is 53.9 Å². The largest absolute Gasteiger partial charge is 0.478 e. The highest BCUT2D eigenvalue weighted by atomic mass is 19.1. The van der Waals surface area contributed by atoms with E-state index >= 15 is 0 Å². The Hall–Kier alpha value is -12.1. The van der Waals surface area contributed by atoms with Crippen LogP contribution in [0.2, 0.25) is 0 Å². The Balaban J connectivity index is 0.000000223. The fraction of sp³-hybridized carbons (Fsp3) is 0.118. The fourth-order valence-electron chi connectivity index (χ4n) is 8.27. The van der Waals surface area contributed by atoms with Gasteiger partial charge in [0.2, 0.25) is 0 Å². The SMILES string of the molecule is CC(=O)c1c(F)cccc1C(=O)NCc1ccc(C(=O)O)cc1.CC(=O)c1cc(F)ccc1C(=O)NCc1ccc(C(=O)O)cc1.CC(=O)c1ccc(CNC(=O)c2cc(F)ccc2C(=O)O)cc1.CC(=O)c1cccc(F)c1C(=O)NCc1ccc(C(=O)O)cc1. The second-order valence-corrected chi connectivity index (χ2v) is 19.7. The number of halogens is 4. The third-order valence-electron chi connectivity index (χ3n) is 13.1. The molecule has 0 aliphatic heterocycles. The van der Waals surface area contributed by atoms with E-state index in [1.807, 2.05) is 0 Å². The van der Waals surface area contributed by atoms with E-state index in [4.69, 9.17) is 20.4 Å². The van der Waals surface area contributed by atoms with Gasteiger partial charge in [-0.3, -0.25) is 38.4 Å². The second kappa shape index (κ2) is 33.3. The lowest BCUT2D eigenvalue weighted by Crippen LogP contribution is -2.26. The molecule has 0 spiro atoms. The van der Waals surface area contributed by atoms with Gasteiger partial charge < -0.3 is 41.7 Å². The van der Waals surface area contributed by atoms with Crippen molar-refractivity contribution in [3.63, 3.8) is 0 Å². The van der Waals surface area contributed by atoms with Crippen LogP contribution in [0.25, 0.3) is 0 Å². The van der Waals surface area contributed by atoms with Crippen molar-refractivity contribution in [1.29, 1.82) is 0 Å². The molecule has 0 aliphatic rings. The van der Waals surface area contributed by atoms with Gasteiger partial charge in [-0.2, -0.15) is 0 Å². The molecule has 20 nitrogen and oxygen atoms in total. The number of nitrogens with one attached hydrogen (secondary N) is 4. The molecule has 0 aromatic heterocycles. The monoisotopic (exact) mass is 1260 g/mol. The van der Waals surface area contributed by atoms with Crippen molar-refractivity contribution in [3.8, 4) is 0 Å². The molecule has 0 aliphatic carbocycles. The van der Waals surface area contributed by atoms with Gasteiger partial charge in [0, 0.05) is 42.9 Å². The van der Waals surface area contributed by atoms with Crippen LogP contribution >= 0.6 is 0 Å². The molecule has 0 radical (unpaired) electrons. The van der Waals surface area contributed by atoms with Crippen molar-refractivity contribution in [2.75, 3.05) is 0 Å². The summed E-state index contributed by atoms with van der Waals surface area (Å²) in [7, 11) is 0. The van der Waals surface area contributed by atoms with Crippen LogP contribution in [0.3, 0.4) is 0 Å². The molecule has 472 valence electrons. The predicted molar refractivity (Wildman–Crippen MR) is 324 cm³/mol. The van der Waals surface area contributed by atoms with Crippen molar-refractivity contribution >= 4 is 70.6 Å². The molecule has 8 aromatic carbocycles. The minimum Gasteiger partial charge on any atom is -0.478 e. The highest BCUT2D eigenvalue weighted by Crippen LogP contribution is 2.19. The number of aromatic carboxylic acids is 4. The first-order valence-electron chi connectivity index (χ1n) is 27.2. The zero-order valence-corrected chi connectivity index (χ0v) is 49.2. The number of carbonyl (C=O) groups is 12. The smallest absolute Gasteiger partial charge is 0.336 e. The first-order valence-corrected chi connectivity index (χ1v) is 27.2. The summed E-state index contributed by atoms with van der Waals surface area (Å²) in [6.45, 7) is 5.68. The van der Waals surface area contributed by atoms with E-state index in [9.17, 15) is 75.1 Å². The molecular weight excluding hydrogens is 1200 g/mol. The van der Waals surface area contributed by atoms with Crippen molar-refractivity contribution < 1.29 is 95.5 Å². The standard InChI is InChI=1S/4C17H14FNO4/c1-10(20)15-8-13(18)6-7-14(15)16(21)19-9-11-2-4-12(5-3-11)17(22)23;1-10(20)12-4-2-11(3-5-12)9-19-16(21)15-8-13(18)6-7-14(15)17(22)23;1-10(20)15-13(3-2-4-14(15)18)16(21)19-9-11-5-7-12(8-6-11)17(22)23;1-10(20)13-3-2-4-14(18)15(13)16(21)19-9-11-5-7-12(8-6-11)17(22)23/h4*2-8H,9H2,1H3,(H,19,21)(H,22,23). The minimum atomic E-state index is -1.30. The second-order valence-electron chi connectivity index (χ2n) is 19.7. The van der Waals surface area contributed by atoms with Crippen molar-refractivity contribution in [2.24, 2.45) is 0 Å². The third-order valence-corrected chi connectivity index (χ3v) is 13.1. The van der Waals surface area contributed by atoms with Gasteiger partial charge in [-0.1, -0.05) is 78.9 Å². The average Bonchev–Trinajstić information content (AvgIpc) is 0.994. The molecule has 0 unspecified atom stereocenters. The van der Waals surface area contributed by atoms with Crippen LogP contribution in [0.1, 0.15) is 174 Å². The van der Waals surface area contributed by atoms with Gasteiger partial charge in [-0.25, -0.2) is 36.7 Å². The highest BCUT2D eigenvalue weighted by molar-refractivity contribution is 6.09. The van der Waals surface area contributed by atoms with E-state index in [1.54, 1.807) is 60.7 Å². The van der Waals surface area contributed by atoms with E-state index in [-0.39, 0.29) is 93.2 Å². The number of carbonyl (C=O) groups excluding carboxylic acids is 8. The van der Waals surface area contributed by atoms with E-state index in [1.165, 1.54) is 94.4 Å². The highest BCUT2D eigenvalue weighted by Gasteiger charge is 2.22. The Bertz CT molecular complexity index is 4060. The Morgan fingerprint density at radius 2 is 0.620 bits per heavy atom. The predicted octanol–water partition coefficient (Wildman–Crippen LogP) is 10.6. The van der Waals surface area contributed by atoms with Gasteiger partial charge in [-0.05, 0) is 141 Å². The Kier molecular flexibility index (Phi) is 25.6. The van der Waals surface area contributed by atoms with Gasteiger partial charge in [0.15, 0.2) is 23.1 Å². The van der Waals surface area contributed by atoms with Gasteiger partial charge in [0.05, 0.1) is 50.1 Å². The molecule has 4 amide bonds. The van der Waals surface area contributed by atoms with E-state index in [0.717, 1.165) is 48.0 Å². The number of hydrogen-bond acceptors (Lipinski definition) is 12. The Labute approximate surface area is 521 Å². The van der Waals surface area contributed by atoms with Crippen LogP contribution < -0.4 is 21.3 Å². The normalized spacial score (nSPS) is 10.2. The van der Waals surface area contributed by atoms with Crippen LogP contribution in [0.4, 0.5) is 17.6 Å². The molecule has 24 heteroatoms. The van der Waals surface area contributed by atoms with Crippen LogP contribution in [0.15, 0.2) is 170 Å². The van der Waals surface area contributed by atoms with Crippen LogP contribution in [0.5, 0.6) is 0 Å². The Morgan fingerprint density at radius 3 is 0.978 bits per heavy atom. The summed E-state index contributed by atoms with van der Waals surface area (Å²) in [5.74, 6) is -11.0. The number of Topliss-reactive ketones (excluding diaryl/α,β-unsaturated/α-hetero) is 4. The summed E-state index contributed by atoms with van der Waals surface area (Å²) in [6, 6.07) is 38.6. The molecule has 0 fully saturated rings. The lowest BCUT2D eigenvalue weighted by atomic mass is 10.0. The molecule has 0 atom stereocenters. The molecule has 0 bridgehead atoms. The zero-order valence-electron chi connectivity index (χ0n) is 49.2. The summed E-state index contributed by atoms with van der Waals surface area (Å²) in [4.78, 5) is 138. The number of hydrogen-bond donors (Lipinski definition) is 8. The molecule has 8 N–H and O–H groups in total. The van der Waals surface area contributed by atoms with Crippen LogP contribution in [0, 0.1) is 23.3 Å².